The van der Waals surface area contributed by atoms with Crippen LogP contribution in [0.2, 0.25) is 0 Å². The van der Waals surface area contributed by atoms with Crippen LogP contribution in [0.4, 0.5) is 0 Å². The number of hydrogen-bond donors (Lipinski definition) is 2. The van der Waals surface area contributed by atoms with E-state index in [-0.39, 0.29) is 13.0 Å². The Labute approximate surface area is 82.3 Å². The zero-order valence-electron chi connectivity index (χ0n) is 7.82. The van der Waals surface area contributed by atoms with Crippen LogP contribution in [0.1, 0.15) is 12.8 Å². The lowest BCUT2D eigenvalue weighted by molar-refractivity contribution is -0.142. The fourth-order valence-corrected chi connectivity index (χ4v) is 3.12. The molecule has 1 unspecified atom stereocenters. The van der Waals surface area contributed by atoms with E-state index in [0.29, 0.717) is 13.0 Å². The van der Waals surface area contributed by atoms with Crippen LogP contribution in [-0.4, -0.2) is 44.5 Å². The molecule has 0 spiro atoms. The van der Waals surface area contributed by atoms with Crippen LogP contribution in [0.5, 0.6) is 0 Å². The van der Waals surface area contributed by atoms with E-state index in [2.05, 4.69) is 9.46 Å². The summed E-state index contributed by atoms with van der Waals surface area (Å²) in [5.41, 5.74) is 0. The predicted molar refractivity (Wildman–Crippen MR) is 48.4 cm³/mol. The second kappa shape index (κ2) is 3.84. The number of rotatable bonds is 3. The van der Waals surface area contributed by atoms with Gasteiger partial charge in [-0.1, -0.05) is 0 Å². The molecule has 2 N–H and O–H groups in total. The molecule has 0 saturated carbocycles. The van der Waals surface area contributed by atoms with Gasteiger partial charge >= 0.3 is 5.97 Å². The van der Waals surface area contributed by atoms with Crippen LogP contribution in [0.3, 0.4) is 0 Å². The average Bonchev–Trinajstić information content (AvgIpc) is 2.08. The molecular weight excluding hydrogens is 210 g/mol. The zero-order chi connectivity index (χ0) is 10.8. The number of nitrogens with one attached hydrogen (secondary N) is 1. The molecule has 1 aliphatic heterocycles. The molecule has 82 valence electrons. The summed E-state index contributed by atoms with van der Waals surface area (Å²) in [7, 11) is -2.53. The highest BCUT2D eigenvalue weighted by Gasteiger charge is 2.52. The molecule has 0 bridgehead atoms. The molecule has 1 heterocycles. The van der Waals surface area contributed by atoms with Gasteiger partial charge in [-0.3, -0.25) is 4.79 Å². The number of aliphatic carboxylic acids is 1. The maximum atomic E-state index is 11.6. The number of carboxylic acids is 1. The van der Waals surface area contributed by atoms with Crippen molar-refractivity contribution in [2.45, 2.75) is 17.6 Å². The van der Waals surface area contributed by atoms with Crippen molar-refractivity contribution in [1.29, 1.82) is 0 Å². The third-order valence-corrected chi connectivity index (χ3v) is 4.44. The quantitative estimate of drug-likeness (QED) is 0.651. The Morgan fingerprint density at radius 2 is 2.29 bits per heavy atom. The van der Waals surface area contributed by atoms with Gasteiger partial charge in [0.25, 0.3) is 0 Å². The van der Waals surface area contributed by atoms with E-state index in [4.69, 9.17) is 5.11 Å². The number of ether oxygens (including phenoxy) is 1. The highest BCUT2D eigenvalue weighted by atomic mass is 32.2. The standard InChI is InChI=1S/C7H13NO5S/c1-13-5-7(6(9)10)3-2-4-8-14(7,11)12/h8H,2-5H2,1H3,(H,9,10). The summed E-state index contributed by atoms with van der Waals surface area (Å²) >= 11 is 0. The van der Waals surface area contributed by atoms with Crippen molar-refractivity contribution in [2.24, 2.45) is 0 Å². The van der Waals surface area contributed by atoms with E-state index < -0.39 is 20.7 Å². The predicted octanol–water partition coefficient (Wildman–Crippen LogP) is -0.831. The summed E-state index contributed by atoms with van der Waals surface area (Å²) in [5, 5.41) is 8.96. The van der Waals surface area contributed by atoms with Crippen molar-refractivity contribution < 1.29 is 23.1 Å². The molecule has 1 fully saturated rings. The highest BCUT2D eigenvalue weighted by Crippen LogP contribution is 2.27. The van der Waals surface area contributed by atoms with Gasteiger partial charge in [0.15, 0.2) is 0 Å². The molecule has 1 rings (SSSR count). The van der Waals surface area contributed by atoms with E-state index in [9.17, 15) is 13.2 Å². The van der Waals surface area contributed by atoms with Gasteiger partial charge in [-0.25, -0.2) is 13.1 Å². The van der Waals surface area contributed by atoms with E-state index >= 15 is 0 Å². The summed E-state index contributed by atoms with van der Waals surface area (Å²) < 4.78 is 28.2. The number of carbonyl (C=O) groups is 1. The van der Waals surface area contributed by atoms with Gasteiger partial charge in [0.2, 0.25) is 14.8 Å². The second-order valence-electron chi connectivity index (χ2n) is 3.23. The average molecular weight is 223 g/mol. The molecule has 0 aromatic rings. The minimum absolute atomic E-state index is 0.0888. The molecule has 0 aliphatic carbocycles. The molecule has 1 aliphatic rings. The van der Waals surface area contributed by atoms with E-state index in [1.165, 1.54) is 7.11 Å². The zero-order valence-corrected chi connectivity index (χ0v) is 8.63. The third-order valence-electron chi connectivity index (χ3n) is 2.33. The van der Waals surface area contributed by atoms with Crippen molar-refractivity contribution in [2.75, 3.05) is 20.3 Å². The lowest BCUT2D eigenvalue weighted by Crippen LogP contribution is -2.58. The van der Waals surface area contributed by atoms with E-state index in [0.717, 1.165) is 0 Å². The van der Waals surface area contributed by atoms with Crippen LogP contribution in [0, 0.1) is 0 Å². The molecule has 0 radical (unpaired) electrons. The Hall–Kier alpha value is -0.660. The Kier molecular flexibility index (Phi) is 3.13. The molecular formula is C7H13NO5S. The SMILES string of the molecule is COCC1(C(=O)O)CCCNS1(=O)=O. The number of hydrogen-bond acceptors (Lipinski definition) is 4. The summed E-state index contributed by atoms with van der Waals surface area (Å²) in [6.07, 6.45) is 0.598. The first-order valence-corrected chi connectivity index (χ1v) is 5.66. The fraction of sp³-hybridized carbons (Fsp3) is 0.857. The van der Waals surface area contributed by atoms with Crippen molar-refractivity contribution in [1.82, 2.24) is 4.72 Å². The maximum absolute atomic E-state index is 11.6. The third kappa shape index (κ3) is 1.62. The maximum Gasteiger partial charge on any atom is 0.328 e. The first-order chi connectivity index (χ1) is 6.46. The van der Waals surface area contributed by atoms with Crippen molar-refractivity contribution >= 4 is 16.0 Å². The molecule has 7 heteroatoms. The number of sulfonamides is 1. The van der Waals surface area contributed by atoms with Gasteiger partial charge in [0.05, 0.1) is 6.61 Å². The largest absolute Gasteiger partial charge is 0.480 e. The molecule has 14 heavy (non-hydrogen) atoms. The van der Waals surface area contributed by atoms with Crippen molar-refractivity contribution in [3.8, 4) is 0 Å². The van der Waals surface area contributed by atoms with Gasteiger partial charge < -0.3 is 9.84 Å². The van der Waals surface area contributed by atoms with Crippen molar-refractivity contribution in [3.63, 3.8) is 0 Å². The van der Waals surface area contributed by atoms with Crippen LogP contribution >= 0.6 is 0 Å². The highest BCUT2D eigenvalue weighted by molar-refractivity contribution is 7.91. The molecule has 0 aromatic heterocycles. The number of methoxy groups -OCH3 is 1. The fourth-order valence-electron chi connectivity index (χ4n) is 1.52. The smallest absolute Gasteiger partial charge is 0.328 e. The van der Waals surface area contributed by atoms with Crippen LogP contribution in [-0.2, 0) is 19.6 Å². The Balaban J connectivity index is 3.11. The lowest BCUT2D eigenvalue weighted by atomic mass is 10.0. The van der Waals surface area contributed by atoms with Gasteiger partial charge in [-0.05, 0) is 12.8 Å². The molecule has 1 saturated heterocycles. The summed E-state index contributed by atoms with van der Waals surface area (Å²) in [6.45, 7) is -0.0290. The normalized spacial score (nSPS) is 31.2. The first-order valence-electron chi connectivity index (χ1n) is 4.18. The summed E-state index contributed by atoms with van der Waals surface area (Å²) in [4.78, 5) is 11.0. The van der Waals surface area contributed by atoms with Gasteiger partial charge in [-0.15, -0.1) is 0 Å². The molecule has 0 amide bonds. The summed E-state index contributed by atoms with van der Waals surface area (Å²) in [6, 6.07) is 0. The minimum atomic E-state index is -3.82. The Bertz CT molecular complexity index is 321. The van der Waals surface area contributed by atoms with Gasteiger partial charge in [-0.2, -0.15) is 0 Å². The Morgan fingerprint density at radius 1 is 1.64 bits per heavy atom. The van der Waals surface area contributed by atoms with Crippen LogP contribution in [0.15, 0.2) is 0 Å². The van der Waals surface area contributed by atoms with Crippen LogP contribution in [0.25, 0.3) is 0 Å². The first kappa shape index (κ1) is 11.4. The van der Waals surface area contributed by atoms with Gasteiger partial charge in [0.1, 0.15) is 0 Å². The second-order valence-corrected chi connectivity index (χ2v) is 5.31. The lowest BCUT2D eigenvalue weighted by Gasteiger charge is -2.32. The molecule has 0 aromatic carbocycles. The summed E-state index contributed by atoms with van der Waals surface area (Å²) in [5.74, 6) is -1.36. The van der Waals surface area contributed by atoms with Gasteiger partial charge in [0, 0.05) is 13.7 Å². The molecule has 1 atom stereocenters. The molecule has 6 nitrogen and oxygen atoms in total. The Morgan fingerprint density at radius 3 is 2.71 bits per heavy atom. The van der Waals surface area contributed by atoms with Crippen LogP contribution < -0.4 is 4.72 Å². The van der Waals surface area contributed by atoms with E-state index in [1.54, 1.807) is 0 Å². The number of carboxylic acid groups (broad SMARTS) is 1. The minimum Gasteiger partial charge on any atom is -0.480 e. The topological polar surface area (TPSA) is 92.7 Å². The van der Waals surface area contributed by atoms with Crippen molar-refractivity contribution in [3.05, 3.63) is 0 Å². The van der Waals surface area contributed by atoms with E-state index in [1.807, 2.05) is 0 Å². The monoisotopic (exact) mass is 223 g/mol.